The summed E-state index contributed by atoms with van der Waals surface area (Å²) in [4.78, 5) is 17.5. The molecule has 0 amide bonds. The van der Waals surface area contributed by atoms with Crippen LogP contribution >= 0.6 is 35.0 Å². The van der Waals surface area contributed by atoms with Crippen LogP contribution in [0.15, 0.2) is 58.3 Å². The summed E-state index contributed by atoms with van der Waals surface area (Å²) in [7, 11) is 0. The monoisotopic (exact) mass is 473 g/mol. The van der Waals surface area contributed by atoms with E-state index in [-0.39, 0.29) is 5.97 Å². The quantitative estimate of drug-likeness (QED) is 0.291. The van der Waals surface area contributed by atoms with E-state index >= 15 is 0 Å². The lowest BCUT2D eigenvalue weighted by Gasteiger charge is -2.07. The highest BCUT2D eigenvalue weighted by atomic mass is 35.5. The molecule has 5 nitrogen and oxygen atoms in total. The van der Waals surface area contributed by atoms with Crippen molar-refractivity contribution in [2.45, 2.75) is 36.6 Å². The number of halogens is 2. The minimum atomic E-state index is -0.337. The minimum Gasteiger partial charge on any atom is -0.462 e. The van der Waals surface area contributed by atoms with Gasteiger partial charge in [-0.3, -0.25) is 4.68 Å². The third-order valence-corrected chi connectivity index (χ3v) is 6.52. The van der Waals surface area contributed by atoms with Crippen LogP contribution in [0, 0.1) is 0 Å². The number of ether oxygens (including phenoxy) is 1. The summed E-state index contributed by atoms with van der Waals surface area (Å²) in [5.74, 6) is -0.337. The molecule has 0 aliphatic rings. The SMILES string of the molecule is CCCn1nc(Cl)c(-c2[nH]c3ccccc3c2Sc2cccc(C(=O)OCC)c2)c1Cl. The molecule has 0 aliphatic heterocycles. The van der Waals surface area contributed by atoms with E-state index < -0.39 is 0 Å². The number of para-hydroxylation sites is 1. The van der Waals surface area contributed by atoms with Gasteiger partial charge in [0.05, 0.1) is 23.4 Å². The van der Waals surface area contributed by atoms with E-state index in [0.717, 1.165) is 32.8 Å². The van der Waals surface area contributed by atoms with Crippen LogP contribution in [0.25, 0.3) is 22.2 Å². The lowest BCUT2D eigenvalue weighted by Crippen LogP contribution is -2.04. The number of nitrogens with zero attached hydrogens (tertiary/aromatic N) is 2. The topological polar surface area (TPSA) is 59.9 Å². The van der Waals surface area contributed by atoms with Crippen molar-refractivity contribution in [3.8, 4) is 11.3 Å². The number of H-pyrrole nitrogens is 1. The van der Waals surface area contributed by atoms with Crippen molar-refractivity contribution in [3.05, 3.63) is 64.4 Å². The number of hydrogen-bond donors (Lipinski definition) is 1. The number of fused-ring (bicyclic) bond motifs is 1. The van der Waals surface area contributed by atoms with Crippen molar-refractivity contribution in [1.29, 1.82) is 0 Å². The molecule has 0 saturated carbocycles. The van der Waals surface area contributed by atoms with E-state index in [2.05, 4.69) is 17.0 Å². The van der Waals surface area contributed by atoms with Crippen LogP contribution in [0.5, 0.6) is 0 Å². The summed E-state index contributed by atoms with van der Waals surface area (Å²) in [6.07, 6.45) is 0.895. The van der Waals surface area contributed by atoms with Crippen LogP contribution in [0.2, 0.25) is 10.3 Å². The van der Waals surface area contributed by atoms with Crippen molar-refractivity contribution < 1.29 is 9.53 Å². The van der Waals surface area contributed by atoms with Crippen molar-refractivity contribution in [1.82, 2.24) is 14.8 Å². The fourth-order valence-corrected chi connectivity index (χ4v) is 5.14. The fraction of sp³-hybridized carbons (Fsp3) is 0.217. The molecule has 0 spiro atoms. The summed E-state index contributed by atoms with van der Waals surface area (Å²) in [6.45, 7) is 4.87. The smallest absolute Gasteiger partial charge is 0.338 e. The van der Waals surface area contributed by atoms with Gasteiger partial charge in [-0.05, 0) is 37.6 Å². The first kappa shape index (κ1) is 21.8. The van der Waals surface area contributed by atoms with Gasteiger partial charge in [-0.25, -0.2) is 4.79 Å². The number of aromatic nitrogens is 3. The Labute approximate surface area is 194 Å². The van der Waals surface area contributed by atoms with Gasteiger partial charge >= 0.3 is 5.97 Å². The van der Waals surface area contributed by atoms with E-state index in [1.54, 1.807) is 29.4 Å². The zero-order valence-corrected chi connectivity index (χ0v) is 19.4. The predicted molar refractivity (Wildman–Crippen MR) is 126 cm³/mol. The van der Waals surface area contributed by atoms with Gasteiger partial charge in [0.25, 0.3) is 0 Å². The summed E-state index contributed by atoms with van der Waals surface area (Å²) < 4.78 is 6.86. The van der Waals surface area contributed by atoms with Gasteiger partial charge in [0.1, 0.15) is 5.15 Å². The average molecular weight is 474 g/mol. The summed E-state index contributed by atoms with van der Waals surface area (Å²) in [5.41, 5.74) is 2.97. The number of nitrogens with one attached hydrogen (secondary N) is 1. The molecule has 2 heterocycles. The summed E-state index contributed by atoms with van der Waals surface area (Å²) in [5, 5.41) is 6.31. The molecule has 160 valence electrons. The molecular formula is C23H21Cl2N3O2S. The van der Waals surface area contributed by atoms with Crippen LogP contribution in [-0.2, 0) is 11.3 Å². The van der Waals surface area contributed by atoms with Crippen LogP contribution in [0.3, 0.4) is 0 Å². The maximum absolute atomic E-state index is 12.2. The number of esters is 1. The first-order valence-corrected chi connectivity index (χ1v) is 11.6. The maximum atomic E-state index is 12.2. The molecule has 4 aromatic rings. The van der Waals surface area contributed by atoms with Gasteiger partial charge in [-0.2, -0.15) is 5.10 Å². The number of benzene rings is 2. The third kappa shape index (κ3) is 4.33. The zero-order chi connectivity index (χ0) is 22.0. The van der Waals surface area contributed by atoms with Crippen molar-refractivity contribution in [3.63, 3.8) is 0 Å². The highest BCUT2D eigenvalue weighted by molar-refractivity contribution is 7.99. The van der Waals surface area contributed by atoms with Gasteiger partial charge in [0.15, 0.2) is 5.15 Å². The molecular weight excluding hydrogens is 453 g/mol. The van der Waals surface area contributed by atoms with E-state index in [4.69, 9.17) is 27.9 Å². The van der Waals surface area contributed by atoms with Crippen LogP contribution in [-0.4, -0.2) is 27.3 Å². The second-order valence-electron chi connectivity index (χ2n) is 6.90. The van der Waals surface area contributed by atoms with Gasteiger partial charge < -0.3 is 9.72 Å². The van der Waals surface area contributed by atoms with Crippen LogP contribution < -0.4 is 0 Å². The molecule has 0 fully saturated rings. The van der Waals surface area contributed by atoms with E-state index in [0.29, 0.717) is 34.6 Å². The van der Waals surface area contributed by atoms with Gasteiger partial charge in [-0.1, -0.05) is 66.2 Å². The van der Waals surface area contributed by atoms with Gasteiger partial charge in [-0.15, -0.1) is 0 Å². The Bertz CT molecular complexity index is 1250. The Morgan fingerprint density at radius 2 is 1.97 bits per heavy atom. The number of carbonyl (C=O) groups excluding carboxylic acids is 1. The summed E-state index contributed by atoms with van der Waals surface area (Å²) >= 11 is 14.7. The lowest BCUT2D eigenvalue weighted by molar-refractivity contribution is 0.0526. The number of carbonyl (C=O) groups is 1. The molecule has 8 heteroatoms. The van der Waals surface area contributed by atoms with Gasteiger partial charge in [0.2, 0.25) is 0 Å². The second-order valence-corrected chi connectivity index (χ2v) is 8.70. The first-order chi connectivity index (χ1) is 15.0. The Balaban J connectivity index is 1.83. The molecule has 0 radical (unpaired) electrons. The molecule has 0 saturated heterocycles. The van der Waals surface area contributed by atoms with Crippen LogP contribution in [0.1, 0.15) is 30.6 Å². The molecule has 0 aliphatic carbocycles. The first-order valence-electron chi connectivity index (χ1n) is 10.0. The molecule has 0 atom stereocenters. The Morgan fingerprint density at radius 1 is 1.16 bits per heavy atom. The fourth-order valence-electron chi connectivity index (χ4n) is 3.40. The molecule has 4 rings (SSSR count). The molecule has 2 aromatic heterocycles. The molecule has 0 unspecified atom stereocenters. The third-order valence-electron chi connectivity index (χ3n) is 4.76. The Hall–Kier alpha value is -2.41. The maximum Gasteiger partial charge on any atom is 0.338 e. The highest BCUT2D eigenvalue weighted by Crippen LogP contribution is 2.45. The normalized spacial score (nSPS) is 11.2. The number of aryl methyl sites for hydroxylation is 1. The van der Waals surface area contributed by atoms with Gasteiger partial charge in [0, 0.05) is 27.2 Å². The lowest BCUT2D eigenvalue weighted by atomic mass is 10.2. The van der Waals surface area contributed by atoms with E-state index in [9.17, 15) is 4.79 Å². The zero-order valence-electron chi connectivity index (χ0n) is 17.1. The van der Waals surface area contributed by atoms with E-state index in [1.165, 1.54) is 0 Å². The molecule has 2 aromatic carbocycles. The minimum absolute atomic E-state index is 0.335. The van der Waals surface area contributed by atoms with Crippen molar-refractivity contribution in [2.75, 3.05) is 6.61 Å². The Morgan fingerprint density at radius 3 is 2.74 bits per heavy atom. The summed E-state index contributed by atoms with van der Waals surface area (Å²) in [6, 6.07) is 15.4. The second kappa shape index (κ2) is 9.39. The number of rotatable bonds is 7. The average Bonchev–Trinajstić information content (AvgIpc) is 3.25. The Kier molecular flexibility index (Phi) is 6.60. The number of hydrogen-bond acceptors (Lipinski definition) is 4. The molecule has 1 N–H and O–H groups in total. The predicted octanol–water partition coefficient (Wildman–Crippen LogP) is 7.08. The van der Waals surface area contributed by atoms with Crippen LogP contribution in [0.4, 0.5) is 0 Å². The molecule has 31 heavy (non-hydrogen) atoms. The highest BCUT2D eigenvalue weighted by Gasteiger charge is 2.23. The largest absolute Gasteiger partial charge is 0.462 e. The van der Waals surface area contributed by atoms with E-state index in [1.807, 2.05) is 42.5 Å². The van der Waals surface area contributed by atoms with Crippen molar-refractivity contribution >= 4 is 51.8 Å². The molecule has 0 bridgehead atoms. The number of aromatic amines is 1. The standard InChI is InChI=1S/C23H21Cl2N3O2S/c1-3-12-28-22(25)18(21(24)27-28)19-20(16-10-5-6-11-17(16)26-19)31-15-9-7-8-14(13-15)23(29)30-4-2/h5-11,13,26H,3-4,12H2,1-2H3. The van der Waals surface area contributed by atoms with Crippen molar-refractivity contribution in [2.24, 2.45) is 0 Å².